The van der Waals surface area contributed by atoms with Crippen LogP contribution in [0.5, 0.6) is 0 Å². The summed E-state index contributed by atoms with van der Waals surface area (Å²) in [5, 5.41) is 19.5. The van der Waals surface area contributed by atoms with Crippen LogP contribution in [0.2, 0.25) is 0 Å². The van der Waals surface area contributed by atoms with Gasteiger partial charge in [-0.3, -0.25) is 4.79 Å². The van der Waals surface area contributed by atoms with Crippen molar-refractivity contribution in [3.63, 3.8) is 0 Å². The van der Waals surface area contributed by atoms with Crippen LogP contribution in [0.4, 0.5) is 0 Å². The molecule has 1 aliphatic heterocycles. The maximum atomic E-state index is 12.1. The molecule has 1 atom stereocenters. The highest BCUT2D eigenvalue weighted by Crippen LogP contribution is 2.52. The summed E-state index contributed by atoms with van der Waals surface area (Å²) in [7, 11) is 0. The van der Waals surface area contributed by atoms with Gasteiger partial charge in [-0.15, -0.1) is 0 Å². The normalized spacial score (nSPS) is 35.2. The van der Waals surface area contributed by atoms with Gasteiger partial charge in [0.25, 0.3) is 5.91 Å². The number of allylic oxidation sites excluding steroid dienone is 1. The summed E-state index contributed by atoms with van der Waals surface area (Å²) < 4.78 is 0. The minimum atomic E-state index is -0.910. The number of nitrogens with zero attached hydrogens (tertiary/aromatic N) is 3. The molecular weight excluding hydrogens is 242 g/mol. The molecule has 1 aliphatic carbocycles. The Hall–Kier alpha value is -2.05. The quantitative estimate of drug-likeness (QED) is 0.491. The van der Waals surface area contributed by atoms with Gasteiger partial charge in [0.15, 0.2) is 0 Å². The number of hydrazine groups is 1. The maximum Gasteiger partial charge on any atom is 0.260 e. The van der Waals surface area contributed by atoms with E-state index in [4.69, 9.17) is 11.6 Å². The maximum absolute atomic E-state index is 12.1. The van der Waals surface area contributed by atoms with Crippen LogP contribution in [-0.2, 0) is 4.79 Å². The second-order valence-corrected chi connectivity index (χ2v) is 5.48. The molecule has 1 saturated carbocycles. The van der Waals surface area contributed by atoms with Crippen molar-refractivity contribution < 1.29 is 4.79 Å². The lowest BCUT2D eigenvalue weighted by atomic mass is 9.59. The molecule has 6 nitrogen and oxygen atoms in total. The van der Waals surface area contributed by atoms with Crippen molar-refractivity contribution in [1.82, 2.24) is 5.01 Å². The number of nitriles is 2. The Bertz CT molecular complexity index is 516. The van der Waals surface area contributed by atoms with E-state index < -0.39 is 17.2 Å². The molecule has 1 amide bonds. The van der Waals surface area contributed by atoms with E-state index in [0.29, 0.717) is 24.3 Å². The minimum Gasteiger partial charge on any atom is -0.383 e. The van der Waals surface area contributed by atoms with Crippen LogP contribution in [0.1, 0.15) is 32.6 Å². The standard InChI is InChI=1S/C13H17N5O/c1-8-2-4-13(5-3-8)9(6-14)11(16)18(17)12(19)10(13)7-15/h8,10H,2-5,16-17H2,1H3. The zero-order valence-electron chi connectivity index (χ0n) is 10.9. The lowest BCUT2D eigenvalue weighted by molar-refractivity contribution is -0.138. The molecule has 4 N–H and O–H groups in total. The Morgan fingerprint density at radius 3 is 2.42 bits per heavy atom. The molecule has 0 aromatic heterocycles. The van der Waals surface area contributed by atoms with Gasteiger partial charge in [-0.25, -0.2) is 10.9 Å². The molecule has 6 heteroatoms. The fourth-order valence-electron chi connectivity index (χ4n) is 3.18. The van der Waals surface area contributed by atoms with Gasteiger partial charge in [-0.1, -0.05) is 6.92 Å². The van der Waals surface area contributed by atoms with Crippen LogP contribution >= 0.6 is 0 Å². The Kier molecular flexibility index (Phi) is 3.21. The number of carbonyl (C=O) groups excluding carboxylic acids is 1. The summed E-state index contributed by atoms with van der Waals surface area (Å²) in [6, 6.07) is 4.11. The summed E-state index contributed by atoms with van der Waals surface area (Å²) in [6.45, 7) is 2.13. The van der Waals surface area contributed by atoms with Crippen LogP contribution in [0.15, 0.2) is 11.4 Å². The number of nitrogens with two attached hydrogens (primary N) is 2. The Morgan fingerprint density at radius 2 is 1.95 bits per heavy atom. The van der Waals surface area contributed by atoms with E-state index in [-0.39, 0.29) is 5.82 Å². The van der Waals surface area contributed by atoms with Crippen molar-refractivity contribution in [2.75, 3.05) is 0 Å². The van der Waals surface area contributed by atoms with E-state index in [1.165, 1.54) is 0 Å². The molecule has 0 saturated heterocycles. The van der Waals surface area contributed by atoms with E-state index in [9.17, 15) is 15.3 Å². The lowest BCUT2D eigenvalue weighted by Gasteiger charge is -2.45. The average Bonchev–Trinajstić information content (AvgIpc) is 2.41. The molecule has 100 valence electrons. The molecular formula is C13H17N5O. The van der Waals surface area contributed by atoms with Crippen molar-refractivity contribution in [3.8, 4) is 12.1 Å². The van der Waals surface area contributed by atoms with E-state index in [0.717, 1.165) is 17.9 Å². The Labute approximate surface area is 112 Å². The third-order valence-electron chi connectivity index (χ3n) is 4.46. The van der Waals surface area contributed by atoms with Gasteiger partial charge in [0.2, 0.25) is 0 Å². The summed E-state index contributed by atoms with van der Waals surface area (Å²) >= 11 is 0. The van der Waals surface area contributed by atoms with Crippen LogP contribution in [0, 0.1) is 39.9 Å². The van der Waals surface area contributed by atoms with E-state index >= 15 is 0 Å². The smallest absolute Gasteiger partial charge is 0.260 e. The first-order chi connectivity index (χ1) is 8.97. The number of rotatable bonds is 0. The lowest BCUT2D eigenvalue weighted by Crippen LogP contribution is -2.55. The van der Waals surface area contributed by atoms with Crippen molar-refractivity contribution in [2.45, 2.75) is 32.6 Å². The third-order valence-corrected chi connectivity index (χ3v) is 4.46. The number of hydrogen-bond acceptors (Lipinski definition) is 5. The molecule has 19 heavy (non-hydrogen) atoms. The van der Waals surface area contributed by atoms with E-state index in [1.807, 2.05) is 6.07 Å². The highest BCUT2D eigenvalue weighted by molar-refractivity contribution is 5.86. The molecule has 0 aromatic carbocycles. The molecule has 2 rings (SSSR count). The van der Waals surface area contributed by atoms with Gasteiger partial charge in [-0.2, -0.15) is 10.5 Å². The van der Waals surface area contributed by atoms with Crippen LogP contribution in [-0.4, -0.2) is 10.9 Å². The monoisotopic (exact) mass is 259 g/mol. The second-order valence-electron chi connectivity index (χ2n) is 5.48. The third kappa shape index (κ3) is 1.76. The summed E-state index contributed by atoms with van der Waals surface area (Å²) in [6.07, 6.45) is 3.04. The minimum absolute atomic E-state index is 0.00597. The molecule has 0 aromatic rings. The predicted octanol–water partition coefficient (Wildman–Crippen LogP) is 0.732. The number of amides is 1. The topological polar surface area (TPSA) is 120 Å². The highest BCUT2D eigenvalue weighted by Gasteiger charge is 2.53. The van der Waals surface area contributed by atoms with Crippen LogP contribution < -0.4 is 11.6 Å². The van der Waals surface area contributed by atoms with Crippen molar-refractivity contribution >= 4 is 5.91 Å². The summed E-state index contributed by atoms with van der Waals surface area (Å²) in [5.74, 6) is 4.69. The molecule has 0 radical (unpaired) electrons. The number of carbonyl (C=O) groups is 1. The van der Waals surface area contributed by atoms with Gasteiger partial charge < -0.3 is 5.73 Å². The summed E-state index contributed by atoms with van der Waals surface area (Å²) in [5.41, 5.74) is 5.36. The molecule has 2 aliphatic rings. The van der Waals surface area contributed by atoms with Gasteiger partial charge in [0, 0.05) is 5.41 Å². The molecule has 1 heterocycles. The van der Waals surface area contributed by atoms with E-state index in [1.54, 1.807) is 0 Å². The zero-order chi connectivity index (χ0) is 14.2. The van der Waals surface area contributed by atoms with Crippen molar-refractivity contribution in [1.29, 1.82) is 10.5 Å². The van der Waals surface area contributed by atoms with Crippen molar-refractivity contribution in [2.24, 2.45) is 28.8 Å². The fraction of sp³-hybridized carbons (Fsp3) is 0.615. The molecule has 1 spiro atoms. The Balaban J connectivity index is 2.57. The fourth-order valence-corrected chi connectivity index (χ4v) is 3.18. The average molecular weight is 259 g/mol. The summed E-state index contributed by atoms with van der Waals surface area (Å²) in [4.78, 5) is 12.1. The van der Waals surface area contributed by atoms with Gasteiger partial charge in [0.1, 0.15) is 11.7 Å². The Morgan fingerprint density at radius 1 is 1.37 bits per heavy atom. The van der Waals surface area contributed by atoms with Gasteiger partial charge >= 0.3 is 0 Å². The second kappa shape index (κ2) is 4.56. The SMILES string of the molecule is CC1CCC2(CC1)C(C#N)=C(N)N(N)C(=O)C2C#N. The van der Waals surface area contributed by atoms with Crippen LogP contribution in [0.3, 0.4) is 0 Å². The van der Waals surface area contributed by atoms with Gasteiger partial charge in [0.05, 0.1) is 17.7 Å². The molecule has 1 fully saturated rings. The highest BCUT2D eigenvalue weighted by atomic mass is 16.2. The first-order valence-corrected chi connectivity index (χ1v) is 6.36. The zero-order valence-corrected chi connectivity index (χ0v) is 10.9. The van der Waals surface area contributed by atoms with E-state index in [2.05, 4.69) is 13.0 Å². The van der Waals surface area contributed by atoms with Crippen molar-refractivity contribution in [3.05, 3.63) is 11.4 Å². The largest absolute Gasteiger partial charge is 0.383 e. The van der Waals surface area contributed by atoms with Gasteiger partial charge in [-0.05, 0) is 31.6 Å². The van der Waals surface area contributed by atoms with Crippen LogP contribution in [0.25, 0.3) is 0 Å². The first-order valence-electron chi connectivity index (χ1n) is 6.36. The molecule has 0 bridgehead atoms. The first kappa shape index (κ1) is 13.4. The molecule has 1 unspecified atom stereocenters. The predicted molar refractivity (Wildman–Crippen MR) is 67.0 cm³/mol. The number of hydrogen-bond donors (Lipinski definition) is 2.